The van der Waals surface area contributed by atoms with Gasteiger partial charge in [0.1, 0.15) is 0 Å². The lowest BCUT2D eigenvalue weighted by Gasteiger charge is -2.35. The van der Waals surface area contributed by atoms with Crippen molar-refractivity contribution < 1.29 is 9.90 Å². The van der Waals surface area contributed by atoms with Gasteiger partial charge in [0.2, 0.25) is 5.91 Å². The number of nitrogens with one attached hydrogen (secondary N) is 1. The second-order valence-electron chi connectivity index (χ2n) is 5.38. The Bertz CT molecular complexity index is 462. The average Bonchev–Trinajstić information content (AvgIpc) is 2.53. The van der Waals surface area contributed by atoms with Crippen molar-refractivity contribution in [1.82, 2.24) is 5.32 Å². The van der Waals surface area contributed by atoms with Crippen molar-refractivity contribution >= 4 is 11.6 Å². The Hall–Kier alpha value is -1.55. The lowest BCUT2D eigenvalue weighted by molar-refractivity contribution is -0.124. The van der Waals surface area contributed by atoms with Gasteiger partial charge in [-0.15, -0.1) is 0 Å². The number of para-hydroxylation sites is 1. The molecule has 0 bridgehead atoms. The van der Waals surface area contributed by atoms with Gasteiger partial charge in [-0.2, -0.15) is 0 Å². The van der Waals surface area contributed by atoms with Crippen LogP contribution in [0.25, 0.3) is 0 Å². The number of carbonyl (C=O) groups is 1. The topological polar surface area (TPSA) is 52.6 Å². The SMILES string of the molecule is CC[C@@H](O)c1ccccc1N1CCCC(C(=O)NC)C1. The van der Waals surface area contributed by atoms with Crippen LogP contribution in [-0.4, -0.2) is 31.2 Å². The third-order valence-corrected chi connectivity index (χ3v) is 4.06. The van der Waals surface area contributed by atoms with E-state index < -0.39 is 6.10 Å². The molecular weight excluding hydrogens is 252 g/mol. The van der Waals surface area contributed by atoms with Crippen LogP contribution in [0.5, 0.6) is 0 Å². The van der Waals surface area contributed by atoms with Crippen molar-refractivity contribution in [2.75, 3.05) is 25.0 Å². The minimum absolute atomic E-state index is 0.0422. The summed E-state index contributed by atoms with van der Waals surface area (Å²) in [5.74, 6) is 0.156. The second-order valence-corrected chi connectivity index (χ2v) is 5.38. The molecule has 1 fully saturated rings. The van der Waals surface area contributed by atoms with Crippen LogP contribution in [0, 0.1) is 5.92 Å². The molecule has 1 unspecified atom stereocenters. The van der Waals surface area contributed by atoms with Crippen molar-refractivity contribution in [1.29, 1.82) is 0 Å². The molecule has 4 heteroatoms. The van der Waals surface area contributed by atoms with Gasteiger partial charge in [-0.1, -0.05) is 25.1 Å². The highest BCUT2D eigenvalue weighted by Gasteiger charge is 2.26. The Morgan fingerprint density at radius 2 is 2.25 bits per heavy atom. The molecule has 4 nitrogen and oxygen atoms in total. The molecule has 110 valence electrons. The molecular formula is C16H24N2O2. The van der Waals surface area contributed by atoms with E-state index in [1.165, 1.54) is 0 Å². The van der Waals surface area contributed by atoms with Gasteiger partial charge >= 0.3 is 0 Å². The van der Waals surface area contributed by atoms with Crippen molar-refractivity contribution in [3.63, 3.8) is 0 Å². The summed E-state index contributed by atoms with van der Waals surface area (Å²) in [4.78, 5) is 14.1. The Morgan fingerprint density at radius 3 is 2.95 bits per heavy atom. The van der Waals surface area contributed by atoms with Gasteiger partial charge in [-0.05, 0) is 25.3 Å². The first-order valence-corrected chi connectivity index (χ1v) is 7.40. The number of nitrogens with zero attached hydrogens (tertiary/aromatic N) is 1. The van der Waals surface area contributed by atoms with E-state index in [0.717, 1.165) is 37.2 Å². The summed E-state index contributed by atoms with van der Waals surface area (Å²) in [5.41, 5.74) is 2.03. The normalized spacial score (nSPS) is 20.6. The van der Waals surface area contributed by atoms with E-state index in [-0.39, 0.29) is 11.8 Å². The van der Waals surface area contributed by atoms with Crippen LogP contribution in [0.2, 0.25) is 0 Å². The molecule has 20 heavy (non-hydrogen) atoms. The number of carbonyl (C=O) groups excluding carboxylic acids is 1. The third-order valence-electron chi connectivity index (χ3n) is 4.06. The molecule has 0 aromatic heterocycles. The van der Waals surface area contributed by atoms with Crippen molar-refractivity contribution in [3.05, 3.63) is 29.8 Å². The number of rotatable bonds is 4. The Labute approximate surface area is 120 Å². The highest BCUT2D eigenvalue weighted by Crippen LogP contribution is 2.31. The molecule has 0 spiro atoms. The Kier molecular flexibility index (Phi) is 5.01. The summed E-state index contributed by atoms with van der Waals surface area (Å²) >= 11 is 0. The lowest BCUT2D eigenvalue weighted by atomic mass is 9.95. The van der Waals surface area contributed by atoms with Crippen LogP contribution >= 0.6 is 0 Å². The van der Waals surface area contributed by atoms with Crippen LogP contribution in [0.3, 0.4) is 0 Å². The molecule has 2 atom stereocenters. The molecule has 1 heterocycles. The van der Waals surface area contributed by atoms with Crippen LogP contribution in [0.4, 0.5) is 5.69 Å². The van der Waals surface area contributed by atoms with Gasteiger partial charge < -0.3 is 15.3 Å². The fourth-order valence-electron chi connectivity index (χ4n) is 2.89. The van der Waals surface area contributed by atoms with Gasteiger partial charge in [-0.25, -0.2) is 0 Å². The van der Waals surface area contributed by atoms with E-state index in [2.05, 4.69) is 10.2 Å². The quantitative estimate of drug-likeness (QED) is 0.885. The fourth-order valence-corrected chi connectivity index (χ4v) is 2.89. The molecule has 2 rings (SSSR count). The van der Waals surface area contributed by atoms with Crippen molar-refractivity contribution in [2.45, 2.75) is 32.3 Å². The van der Waals surface area contributed by atoms with Crippen LogP contribution in [-0.2, 0) is 4.79 Å². The lowest BCUT2D eigenvalue weighted by Crippen LogP contribution is -2.42. The second kappa shape index (κ2) is 6.75. The molecule has 1 aromatic carbocycles. The third kappa shape index (κ3) is 3.12. The zero-order chi connectivity index (χ0) is 14.5. The summed E-state index contributed by atoms with van der Waals surface area (Å²) in [5, 5.41) is 12.9. The largest absolute Gasteiger partial charge is 0.388 e. The van der Waals surface area contributed by atoms with Crippen LogP contribution in [0.15, 0.2) is 24.3 Å². The maximum Gasteiger partial charge on any atom is 0.224 e. The summed E-state index contributed by atoms with van der Waals surface area (Å²) in [6.07, 6.45) is 2.21. The number of hydrogen-bond acceptors (Lipinski definition) is 3. The van der Waals surface area contributed by atoms with E-state index >= 15 is 0 Å². The summed E-state index contributed by atoms with van der Waals surface area (Å²) < 4.78 is 0. The highest BCUT2D eigenvalue weighted by molar-refractivity contribution is 5.79. The number of benzene rings is 1. The smallest absolute Gasteiger partial charge is 0.224 e. The first-order chi connectivity index (χ1) is 9.67. The van der Waals surface area contributed by atoms with Crippen LogP contribution in [0.1, 0.15) is 37.9 Å². The minimum atomic E-state index is -0.438. The molecule has 2 N–H and O–H groups in total. The summed E-state index contributed by atoms with van der Waals surface area (Å²) in [6, 6.07) is 7.97. The maximum atomic E-state index is 11.8. The van der Waals surface area contributed by atoms with E-state index in [0.29, 0.717) is 6.42 Å². The molecule has 0 aliphatic carbocycles. The number of piperidine rings is 1. The van der Waals surface area contributed by atoms with E-state index in [9.17, 15) is 9.90 Å². The van der Waals surface area contributed by atoms with Gasteiger partial charge in [0.25, 0.3) is 0 Å². The van der Waals surface area contributed by atoms with Gasteiger partial charge in [0.05, 0.1) is 12.0 Å². The number of amides is 1. The predicted octanol–water partition coefficient (Wildman–Crippen LogP) is 2.09. The van der Waals surface area contributed by atoms with Gasteiger partial charge in [-0.3, -0.25) is 4.79 Å². The van der Waals surface area contributed by atoms with E-state index in [1.807, 2.05) is 31.2 Å². The first-order valence-electron chi connectivity index (χ1n) is 7.40. The molecule has 1 aliphatic heterocycles. The molecule has 0 radical (unpaired) electrons. The molecule has 1 aliphatic rings. The standard InChI is InChI=1S/C16H24N2O2/c1-3-15(19)13-8-4-5-9-14(13)18-10-6-7-12(11-18)16(20)17-2/h4-5,8-9,12,15,19H,3,6-7,10-11H2,1-2H3,(H,17,20)/t12?,15-/m1/s1. The van der Waals surface area contributed by atoms with Gasteiger partial charge in [0, 0.05) is 31.4 Å². The molecule has 1 aromatic rings. The summed E-state index contributed by atoms with van der Waals surface area (Å²) in [7, 11) is 1.69. The van der Waals surface area contributed by atoms with Gasteiger partial charge in [0.15, 0.2) is 0 Å². The Balaban J connectivity index is 2.20. The zero-order valence-corrected chi connectivity index (χ0v) is 12.3. The summed E-state index contributed by atoms with van der Waals surface area (Å²) in [6.45, 7) is 3.65. The maximum absolute atomic E-state index is 11.8. The zero-order valence-electron chi connectivity index (χ0n) is 12.3. The first kappa shape index (κ1) is 14.9. The van der Waals surface area contributed by atoms with Crippen molar-refractivity contribution in [2.24, 2.45) is 5.92 Å². The number of hydrogen-bond donors (Lipinski definition) is 2. The molecule has 1 amide bonds. The van der Waals surface area contributed by atoms with Crippen molar-refractivity contribution in [3.8, 4) is 0 Å². The number of aliphatic hydroxyl groups excluding tert-OH is 1. The average molecular weight is 276 g/mol. The van der Waals surface area contributed by atoms with Crippen LogP contribution < -0.4 is 10.2 Å². The fraction of sp³-hybridized carbons (Fsp3) is 0.562. The highest BCUT2D eigenvalue weighted by atomic mass is 16.3. The molecule has 1 saturated heterocycles. The monoisotopic (exact) mass is 276 g/mol. The van der Waals surface area contributed by atoms with E-state index in [4.69, 9.17) is 0 Å². The predicted molar refractivity (Wildman–Crippen MR) is 80.7 cm³/mol. The number of anilines is 1. The molecule has 0 saturated carbocycles. The Morgan fingerprint density at radius 1 is 1.50 bits per heavy atom. The van der Waals surface area contributed by atoms with E-state index in [1.54, 1.807) is 7.05 Å². The minimum Gasteiger partial charge on any atom is -0.388 e. The number of aliphatic hydroxyl groups is 1.